The van der Waals surface area contributed by atoms with Crippen LogP contribution in [-0.2, 0) is 17.5 Å². The van der Waals surface area contributed by atoms with Crippen LogP contribution in [0.5, 0.6) is 5.06 Å². The Bertz CT molecular complexity index is 1170. The number of hydrogen-bond donors (Lipinski definition) is 1. The Kier molecular flexibility index (Phi) is 7.45. The largest absolute Gasteiger partial charge is 0.512 e. The number of hydrogen-bond acceptors (Lipinski definition) is 4. The molecule has 9 heteroatoms. The molecule has 1 amide bonds. The Balaban J connectivity index is 1.71. The van der Waals surface area contributed by atoms with Gasteiger partial charge in [0.05, 0.1) is 17.8 Å². The van der Waals surface area contributed by atoms with E-state index in [1.807, 2.05) is 30.3 Å². The topological polar surface area (TPSA) is 66.8 Å². The highest BCUT2D eigenvalue weighted by Crippen LogP contribution is 2.44. The van der Waals surface area contributed by atoms with Gasteiger partial charge in [0.2, 0.25) is 11.0 Å². The second kappa shape index (κ2) is 10.5. The van der Waals surface area contributed by atoms with Crippen molar-refractivity contribution in [3.8, 4) is 15.5 Å². The van der Waals surface area contributed by atoms with Crippen molar-refractivity contribution in [2.75, 3.05) is 4.90 Å². The predicted molar refractivity (Wildman–Crippen MR) is 128 cm³/mol. The maximum absolute atomic E-state index is 13.5. The average molecular weight is 504 g/mol. The summed E-state index contributed by atoms with van der Waals surface area (Å²) in [6.07, 6.45) is -1.69. The standard InChI is InChI=1S/C26H24F3NO4S/c27-26(28,29)20-12-10-18(11-13-20)16-30(23(31)14-17-6-4-5-7-17)21-15-22(19-8-2-1-3-9-19)35-24(21)34-25(32)33/h1-3,8-13,15,17H,4-7,14,16H2,(H,32,33). The second-order valence-corrected chi connectivity index (χ2v) is 9.56. The van der Waals surface area contributed by atoms with Crippen LogP contribution in [0.3, 0.4) is 0 Å². The van der Waals surface area contributed by atoms with Crippen LogP contribution in [-0.4, -0.2) is 17.2 Å². The van der Waals surface area contributed by atoms with Gasteiger partial charge in [0.15, 0.2) is 0 Å². The lowest BCUT2D eigenvalue weighted by molar-refractivity contribution is -0.137. The first-order chi connectivity index (χ1) is 16.7. The van der Waals surface area contributed by atoms with Crippen LogP contribution in [0.2, 0.25) is 0 Å². The molecule has 1 saturated carbocycles. The molecule has 0 unspecified atom stereocenters. The molecule has 0 bridgehead atoms. The fourth-order valence-corrected chi connectivity index (χ4v) is 5.32. The zero-order valence-electron chi connectivity index (χ0n) is 18.8. The molecule has 1 aliphatic carbocycles. The van der Waals surface area contributed by atoms with Crippen molar-refractivity contribution in [2.45, 2.75) is 44.8 Å². The summed E-state index contributed by atoms with van der Waals surface area (Å²) in [6, 6.07) is 15.6. The summed E-state index contributed by atoms with van der Waals surface area (Å²) in [5, 5.41) is 9.34. The minimum Gasteiger partial charge on any atom is -0.449 e. The Labute approximate surface area is 204 Å². The normalized spacial score (nSPS) is 14.1. The first-order valence-corrected chi connectivity index (χ1v) is 12.1. The SMILES string of the molecule is O=C(O)Oc1sc(-c2ccccc2)cc1N(Cc1ccc(C(F)(F)F)cc1)C(=O)CC1CCCC1. The molecule has 0 atom stereocenters. The van der Waals surface area contributed by atoms with Crippen molar-refractivity contribution < 1.29 is 32.6 Å². The van der Waals surface area contributed by atoms with Crippen molar-refractivity contribution in [3.05, 3.63) is 71.8 Å². The van der Waals surface area contributed by atoms with Crippen molar-refractivity contribution >= 4 is 29.1 Å². The molecule has 1 N–H and O–H groups in total. The number of carbonyl (C=O) groups is 2. The van der Waals surface area contributed by atoms with Gasteiger partial charge >= 0.3 is 12.3 Å². The van der Waals surface area contributed by atoms with Gasteiger partial charge < -0.3 is 14.7 Å². The zero-order chi connectivity index (χ0) is 25.0. The molecule has 0 aliphatic heterocycles. The lowest BCUT2D eigenvalue weighted by Gasteiger charge is -2.24. The number of rotatable bonds is 7. The predicted octanol–water partition coefficient (Wildman–Crippen LogP) is 7.60. The van der Waals surface area contributed by atoms with Crippen LogP contribution in [0.25, 0.3) is 10.4 Å². The maximum Gasteiger partial charge on any atom is 0.512 e. The summed E-state index contributed by atoms with van der Waals surface area (Å²) in [6.45, 7) is -0.00929. The van der Waals surface area contributed by atoms with Crippen LogP contribution in [0.1, 0.15) is 43.2 Å². The molecule has 184 valence electrons. The highest BCUT2D eigenvalue weighted by molar-refractivity contribution is 7.18. The molecule has 5 nitrogen and oxygen atoms in total. The second-order valence-electron chi connectivity index (χ2n) is 8.55. The molecule has 1 aliphatic rings. The molecule has 4 rings (SSSR count). The van der Waals surface area contributed by atoms with Gasteiger partial charge in [0, 0.05) is 11.3 Å². The molecule has 0 radical (unpaired) electrons. The van der Waals surface area contributed by atoms with Gasteiger partial charge in [-0.25, -0.2) is 4.79 Å². The summed E-state index contributed by atoms with van der Waals surface area (Å²) >= 11 is 1.10. The van der Waals surface area contributed by atoms with Crippen molar-refractivity contribution in [3.63, 3.8) is 0 Å². The molecule has 0 saturated heterocycles. The third-order valence-corrected chi connectivity index (χ3v) is 7.12. The fourth-order valence-electron chi connectivity index (χ4n) is 4.31. The third-order valence-electron chi connectivity index (χ3n) is 6.07. The Hall–Kier alpha value is -3.33. The van der Waals surface area contributed by atoms with E-state index in [1.54, 1.807) is 6.07 Å². The number of halogens is 3. The number of carboxylic acid groups (broad SMARTS) is 1. The van der Waals surface area contributed by atoms with Crippen LogP contribution >= 0.6 is 11.3 Å². The van der Waals surface area contributed by atoms with E-state index in [1.165, 1.54) is 17.0 Å². The third kappa shape index (κ3) is 6.22. The Morgan fingerprint density at radius 3 is 2.29 bits per heavy atom. The summed E-state index contributed by atoms with van der Waals surface area (Å²) in [7, 11) is 0. The number of anilines is 1. The Morgan fingerprint density at radius 2 is 1.69 bits per heavy atom. The minimum absolute atomic E-state index is 0.00929. The van der Waals surface area contributed by atoms with Gasteiger partial charge in [-0.2, -0.15) is 13.2 Å². The van der Waals surface area contributed by atoms with Crippen LogP contribution < -0.4 is 9.64 Å². The van der Waals surface area contributed by atoms with Crippen molar-refractivity contribution in [1.29, 1.82) is 0 Å². The summed E-state index contributed by atoms with van der Waals surface area (Å²) in [4.78, 5) is 27.0. The smallest absolute Gasteiger partial charge is 0.449 e. The monoisotopic (exact) mass is 503 g/mol. The van der Waals surface area contributed by atoms with Gasteiger partial charge in [-0.05, 0) is 48.1 Å². The minimum atomic E-state index is -4.46. The van der Waals surface area contributed by atoms with Crippen molar-refractivity contribution in [1.82, 2.24) is 0 Å². The van der Waals surface area contributed by atoms with E-state index < -0.39 is 17.9 Å². The fraction of sp³-hybridized carbons (Fsp3) is 0.308. The molecule has 3 aromatic rings. The molecule has 1 aromatic heterocycles. The molecule has 2 aromatic carbocycles. The maximum atomic E-state index is 13.5. The number of amides is 1. The average Bonchev–Trinajstić information content (AvgIpc) is 3.47. The molecule has 0 spiro atoms. The van der Waals surface area contributed by atoms with Gasteiger partial charge in [-0.1, -0.05) is 66.6 Å². The summed E-state index contributed by atoms with van der Waals surface area (Å²) in [5.41, 5.74) is 0.837. The number of alkyl halides is 3. The number of thiophene rings is 1. The van der Waals surface area contributed by atoms with Gasteiger partial charge in [0.25, 0.3) is 0 Å². The Morgan fingerprint density at radius 1 is 1.03 bits per heavy atom. The van der Waals surface area contributed by atoms with Gasteiger partial charge in [-0.3, -0.25) is 4.79 Å². The van der Waals surface area contributed by atoms with E-state index in [2.05, 4.69) is 0 Å². The van der Waals surface area contributed by atoms with Gasteiger partial charge in [-0.15, -0.1) is 0 Å². The number of ether oxygens (including phenoxy) is 1. The highest BCUT2D eigenvalue weighted by atomic mass is 32.1. The first kappa shape index (κ1) is 24.8. The summed E-state index contributed by atoms with van der Waals surface area (Å²) in [5.74, 6) is 0.0122. The molecular formula is C26H24F3NO4S. The van der Waals surface area contributed by atoms with E-state index in [0.717, 1.165) is 54.7 Å². The van der Waals surface area contributed by atoms with Crippen molar-refractivity contribution in [2.24, 2.45) is 5.92 Å². The summed E-state index contributed by atoms with van der Waals surface area (Å²) < 4.78 is 44.1. The lowest BCUT2D eigenvalue weighted by Crippen LogP contribution is -2.31. The van der Waals surface area contributed by atoms with Crippen LogP contribution in [0, 0.1) is 5.92 Å². The van der Waals surface area contributed by atoms with Gasteiger partial charge in [0.1, 0.15) is 0 Å². The number of benzene rings is 2. The van der Waals surface area contributed by atoms with E-state index in [0.29, 0.717) is 16.1 Å². The number of carbonyl (C=O) groups excluding carboxylic acids is 1. The molecule has 1 fully saturated rings. The molecular weight excluding hydrogens is 479 g/mol. The van der Waals surface area contributed by atoms with Crippen LogP contribution in [0.4, 0.5) is 23.7 Å². The van der Waals surface area contributed by atoms with E-state index in [9.17, 15) is 27.9 Å². The first-order valence-electron chi connectivity index (χ1n) is 11.3. The van der Waals surface area contributed by atoms with Crippen LogP contribution in [0.15, 0.2) is 60.7 Å². The van der Waals surface area contributed by atoms with E-state index >= 15 is 0 Å². The number of nitrogens with zero attached hydrogens (tertiary/aromatic N) is 1. The van der Waals surface area contributed by atoms with E-state index in [4.69, 9.17) is 4.74 Å². The molecule has 35 heavy (non-hydrogen) atoms. The quantitative estimate of drug-likeness (QED) is 0.337. The lowest BCUT2D eigenvalue weighted by atomic mass is 10.0. The zero-order valence-corrected chi connectivity index (χ0v) is 19.6. The van der Waals surface area contributed by atoms with E-state index in [-0.39, 0.29) is 29.9 Å². The molecule has 1 heterocycles. The highest BCUT2D eigenvalue weighted by Gasteiger charge is 2.31.